The van der Waals surface area contributed by atoms with Crippen molar-refractivity contribution in [3.05, 3.63) is 0 Å². The summed E-state index contributed by atoms with van der Waals surface area (Å²) < 4.78 is 0. The maximum Gasteiger partial charge on any atom is 0.236 e. The molecule has 0 saturated heterocycles. The summed E-state index contributed by atoms with van der Waals surface area (Å²) in [5.74, 6) is 0.336. The second kappa shape index (κ2) is 4.81. The van der Waals surface area contributed by atoms with E-state index in [0.717, 1.165) is 12.8 Å². The summed E-state index contributed by atoms with van der Waals surface area (Å²) in [6.45, 7) is 4.28. The minimum Gasteiger partial charge on any atom is -0.396 e. The van der Waals surface area contributed by atoms with Crippen LogP contribution in [0, 0.1) is 16.7 Å². The van der Waals surface area contributed by atoms with Gasteiger partial charge in [-0.1, -0.05) is 13.8 Å². The predicted molar refractivity (Wildman–Crippen MR) is 76.1 cm³/mol. The Hall–Kier alpha value is -0.940. The van der Waals surface area contributed by atoms with Crippen LogP contribution >= 0.6 is 0 Å². The molecule has 4 unspecified atom stereocenters. The standard InChI is InChI=1S/C15H26N2O3/c1-14-7-6-10(15(14,2)9-18)12(13(14)20)17(5)8-11(19)16(3)4/h10,12,18H,6-9H2,1-5H3. The fourth-order valence-corrected chi connectivity index (χ4v) is 4.13. The molecule has 0 aromatic rings. The van der Waals surface area contributed by atoms with Crippen LogP contribution in [-0.4, -0.2) is 66.9 Å². The summed E-state index contributed by atoms with van der Waals surface area (Å²) in [4.78, 5) is 28.0. The van der Waals surface area contributed by atoms with Gasteiger partial charge < -0.3 is 10.0 Å². The molecular formula is C15H26N2O3. The summed E-state index contributed by atoms with van der Waals surface area (Å²) in [5, 5.41) is 9.81. The highest BCUT2D eigenvalue weighted by Gasteiger charge is 2.68. The Kier molecular flexibility index (Phi) is 3.71. The van der Waals surface area contributed by atoms with Crippen LogP contribution in [0.25, 0.3) is 0 Å². The second-order valence-corrected chi connectivity index (χ2v) is 7.07. The molecule has 114 valence electrons. The topological polar surface area (TPSA) is 60.9 Å². The zero-order chi connectivity index (χ0) is 15.3. The molecule has 5 nitrogen and oxygen atoms in total. The average Bonchev–Trinajstić information content (AvgIpc) is 2.73. The number of amides is 1. The van der Waals surface area contributed by atoms with Crippen LogP contribution in [0.5, 0.6) is 0 Å². The van der Waals surface area contributed by atoms with Gasteiger partial charge in [0.15, 0.2) is 5.78 Å². The number of rotatable bonds is 4. The molecule has 2 saturated carbocycles. The molecule has 2 aliphatic rings. The number of carbonyl (C=O) groups excluding carboxylic acids is 2. The number of carbonyl (C=O) groups is 2. The smallest absolute Gasteiger partial charge is 0.236 e. The third-order valence-electron chi connectivity index (χ3n) is 5.91. The van der Waals surface area contributed by atoms with Crippen molar-refractivity contribution in [3.63, 3.8) is 0 Å². The second-order valence-electron chi connectivity index (χ2n) is 7.07. The summed E-state index contributed by atoms with van der Waals surface area (Å²) in [6, 6.07) is -0.241. The number of aliphatic hydroxyl groups excluding tert-OH is 1. The van der Waals surface area contributed by atoms with Crippen LogP contribution in [0.2, 0.25) is 0 Å². The Morgan fingerprint density at radius 2 is 1.95 bits per heavy atom. The molecule has 0 aliphatic heterocycles. The van der Waals surface area contributed by atoms with Gasteiger partial charge in [-0.3, -0.25) is 14.5 Å². The fourth-order valence-electron chi connectivity index (χ4n) is 4.13. The number of likely N-dealkylation sites (N-methyl/N-ethyl adjacent to an activating group) is 2. The SMILES string of the molecule is CN(C)C(=O)CN(C)C1C(=O)C2(C)CCC1C2(C)CO. The lowest BCUT2D eigenvalue weighted by atomic mass is 9.69. The van der Waals surface area contributed by atoms with E-state index in [-0.39, 0.29) is 42.2 Å². The molecule has 0 spiro atoms. The van der Waals surface area contributed by atoms with Crippen LogP contribution < -0.4 is 0 Å². The molecule has 20 heavy (non-hydrogen) atoms. The van der Waals surface area contributed by atoms with E-state index in [4.69, 9.17) is 0 Å². The van der Waals surface area contributed by atoms with E-state index in [1.54, 1.807) is 19.0 Å². The number of ketones is 1. The van der Waals surface area contributed by atoms with Crippen molar-refractivity contribution in [2.24, 2.45) is 16.7 Å². The highest BCUT2D eigenvalue weighted by molar-refractivity contribution is 5.95. The first-order chi connectivity index (χ1) is 9.19. The lowest BCUT2D eigenvalue weighted by molar-refractivity contribution is -0.135. The maximum absolute atomic E-state index is 12.8. The molecule has 1 N–H and O–H groups in total. The number of hydrogen-bond acceptors (Lipinski definition) is 4. The molecule has 0 aromatic heterocycles. The number of Topliss-reactive ketones (excluding diaryl/α,β-unsaturated/α-hetero) is 1. The number of nitrogens with zero attached hydrogens (tertiary/aromatic N) is 2. The first kappa shape index (κ1) is 15.4. The molecule has 0 radical (unpaired) electrons. The summed E-state index contributed by atoms with van der Waals surface area (Å²) >= 11 is 0. The van der Waals surface area contributed by atoms with Gasteiger partial charge in [-0.05, 0) is 25.8 Å². The predicted octanol–water partition coefficient (Wildman–Crippen LogP) is 0.373. The summed E-state index contributed by atoms with van der Waals surface area (Å²) in [7, 11) is 5.28. The van der Waals surface area contributed by atoms with Gasteiger partial charge in [-0.15, -0.1) is 0 Å². The average molecular weight is 282 g/mol. The molecule has 1 amide bonds. The van der Waals surface area contributed by atoms with Crippen molar-refractivity contribution >= 4 is 11.7 Å². The van der Waals surface area contributed by atoms with Crippen LogP contribution in [0.4, 0.5) is 0 Å². The fraction of sp³-hybridized carbons (Fsp3) is 0.867. The summed E-state index contributed by atoms with van der Waals surface area (Å²) in [5.41, 5.74) is -0.809. The maximum atomic E-state index is 12.8. The van der Waals surface area contributed by atoms with E-state index in [0.29, 0.717) is 0 Å². The Labute approximate surface area is 120 Å². The monoisotopic (exact) mass is 282 g/mol. The van der Waals surface area contributed by atoms with E-state index in [1.807, 2.05) is 25.8 Å². The van der Waals surface area contributed by atoms with E-state index in [9.17, 15) is 14.7 Å². The normalized spacial score (nSPS) is 39.6. The molecule has 0 aromatic carbocycles. The van der Waals surface area contributed by atoms with Gasteiger partial charge in [-0.2, -0.15) is 0 Å². The molecule has 2 bridgehead atoms. The Bertz CT molecular complexity index is 437. The highest BCUT2D eigenvalue weighted by atomic mass is 16.3. The van der Waals surface area contributed by atoms with E-state index < -0.39 is 5.41 Å². The lowest BCUT2D eigenvalue weighted by Gasteiger charge is -2.34. The zero-order valence-electron chi connectivity index (χ0n) is 13.1. The molecule has 5 heteroatoms. The van der Waals surface area contributed by atoms with E-state index >= 15 is 0 Å². The van der Waals surface area contributed by atoms with Gasteiger partial charge in [0, 0.05) is 31.5 Å². The molecule has 2 aliphatic carbocycles. The van der Waals surface area contributed by atoms with Gasteiger partial charge in [0.25, 0.3) is 0 Å². The highest BCUT2D eigenvalue weighted by Crippen LogP contribution is 2.64. The number of hydrogen-bond donors (Lipinski definition) is 1. The van der Waals surface area contributed by atoms with Crippen LogP contribution in [0.1, 0.15) is 26.7 Å². The zero-order valence-corrected chi connectivity index (χ0v) is 13.1. The minimum atomic E-state index is -0.452. The Morgan fingerprint density at radius 3 is 2.40 bits per heavy atom. The van der Waals surface area contributed by atoms with Gasteiger partial charge >= 0.3 is 0 Å². The first-order valence-electron chi connectivity index (χ1n) is 7.24. The van der Waals surface area contributed by atoms with Gasteiger partial charge in [-0.25, -0.2) is 0 Å². The first-order valence-corrected chi connectivity index (χ1v) is 7.24. The van der Waals surface area contributed by atoms with Crippen molar-refractivity contribution in [2.45, 2.75) is 32.7 Å². The van der Waals surface area contributed by atoms with Crippen molar-refractivity contribution < 1.29 is 14.7 Å². The minimum absolute atomic E-state index is 0.000993. The van der Waals surface area contributed by atoms with Crippen molar-refractivity contribution in [3.8, 4) is 0 Å². The Morgan fingerprint density at radius 1 is 1.35 bits per heavy atom. The van der Waals surface area contributed by atoms with Crippen molar-refractivity contribution in [2.75, 3.05) is 34.3 Å². The van der Waals surface area contributed by atoms with Gasteiger partial charge in [0.1, 0.15) is 0 Å². The van der Waals surface area contributed by atoms with Crippen LogP contribution in [-0.2, 0) is 9.59 Å². The van der Waals surface area contributed by atoms with Crippen molar-refractivity contribution in [1.82, 2.24) is 9.80 Å². The third-order valence-corrected chi connectivity index (χ3v) is 5.91. The number of fused-ring (bicyclic) bond motifs is 2. The van der Waals surface area contributed by atoms with Crippen LogP contribution in [0.3, 0.4) is 0 Å². The molecular weight excluding hydrogens is 256 g/mol. The van der Waals surface area contributed by atoms with Gasteiger partial charge in [0.05, 0.1) is 12.6 Å². The van der Waals surface area contributed by atoms with E-state index in [2.05, 4.69) is 0 Å². The van der Waals surface area contributed by atoms with Crippen LogP contribution in [0.15, 0.2) is 0 Å². The molecule has 2 fully saturated rings. The Balaban J connectivity index is 2.23. The van der Waals surface area contributed by atoms with Crippen molar-refractivity contribution in [1.29, 1.82) is 0 Å². The largest absolute Gasteiger partial charge is 0.396 e. The quantitative estimate of drug-likeness (QED) is 0.809. The number of aliphatic hydroxyl groups is 1. The van der Waals surface area contributed by atoms with Gasteiger partial charge in [0.2, 0.25) is 5.91 Å². The summed E-state index contributed by atoms with van der Waals surface area (Å²) in [6.07, 6.45) is 1.80. The third kappa shape index (κ3) is 1.83. The molecule has 2 rings (SSSR count). The van der Waals surface area contributed by atoms with E-state index in [1.165, 1.54) is 0 Å². The molecule has 4 atom stereocenters. The molecule has 0 heterocycles. The lowest BCUT2D eigenvalue weighted by Crippen LogP contribution is -2.48.